The second kappa shape index (κ2) is 9.34. The number of benzene rings is 4. The summed E-state index contributed by atoms with van der Waals surface area (Å²) in [6.07, 6.45) is -0.342. The third-order valence-electron chi connectivity index (χ3n) is 6.18. The lowest BCUT2D eigenvalue weighted by atomic mass is 9.76. The second-order valence-corrected chi connectivity index (χ2v) is 8.76. The van der Waals surface area contributed by atoms with Gasteiger partial charge in [0, 0.05) is 37.1 Å². The Hall–Kier alpha value is -4.39. The summed E-state index contributed by atoms with van der Waals surface area (Å²) in [5, 5.41) is 3.57. The lowest BCUT2D eigenvalue weighted by Gasteiger charge is -2.49. The Morgan fingerprint density at radius 1 is 0.833 bits per heavy atom. The van der Waals surface area contributed by atoms with Crippen LogP contribution in [0.15, 0.2) is 78.9 Å². The zero-order valence-electron chi connectivity index (χ0n) is 19.8. The molecule has 0 heterocycles. The average Bonchev–Trinajstić information content (AvgIpc) is 2.85. The van der Waals surface area contributed by atoms with E-state index in [1.165, 1.54) is 13.8 Å². The zero-order valence-corrected chi connectivity index (χ0v) is 19.8. The molecule has 4 aromatic rings. The van der Waals surface area contributed by atoms with Gasteiger partial charge in [0.1, 0.15) is 23.5 Å². The minimum Gasteiger partial charge on any atom is -0.457 e. The Labute approximate surface area is 207 Å². The maximum absolute atomic E-state index is 12.0. The van der Waals surface area contributed by atoms with Crippen molar-refractivity contribution >= 4 is 39.8 Å². The van der Waals surface area contributed by atoms with Gasteiger partial charge >= 0.3 is 11.9 Å². The van der Waals surface area contributed by atoms with Crippen LogP contribution in [0.5, 0.6) is 17.2 Å². The third kappa shape index (κ3) is 4.35. The van der Waals surface area contributed by atoms with E-state index in [4.69, 9.17) is 18.9 Å². The molecule has 0 amide bonds. The number of aldehydes is 1. The first-order valence-corrected chi connectivity index (χ1v) is 11.6. The van der Waals surface area contributed by atoms with Crippen molar-refractivity contribution in [3.8, 4) is 17.2 Å². The summed E-state index contributed by atoms with van der Waals surface area (Å²) in [6, 6.07) is 24.8. The Morgan fingerprint density at radius 2 is 1.50 bits per heavy atom. The molecular weight excluding hydrogens is 460 g/mol. The fourth-order valence-corrected chi connectivity index (χ4v) is 4.65. The molecule has 0 bridgehead atoms. The molecule has 1 aliphatic rings. The molecule has 0 aromatic heterocycles. The van der Waals surface area contributed by atoms with Gasteiger partial charge < -0.3 is 23.7 Å². The molecule has 1 fully saturated rings. The summed E-state index contributed by atoms with van der Waals surface area (Å²) in [6.45, 7) is 2.47. The molecule has 0 spiro atoms. The van der Waals surface area contributed by atoms with E-state index in [-0.39, 0.29) is 6.42 Å². The average molecular weight is 485 g/mol. The van der Waals surface area contributed by atoms with Crippen LogP contribution in [0.4, 0.5) is 0 Å². The van der Waals surface area contributed by atoms with E-state index in [1.807, 2.05) is 72.8 Å². The van der Waals surface area contributed by atoms with Crippen LogP contribution in [-0.2, 0) is 23.9 Å². The van der Waals surface area contributed by atoms with E-state index in [1.54, 1.807) is 6.07 Å². The number of esters is 2. The number of rotatable bonds is 7. The van der Waals surface area contributed by atoms with Crippen molar-refractivity contribution in [1.29, 1.82) is 0 Å². The highest BCUT2D eigenvalue weighted by atomic mass is 16.7. The molecule has 3 atom stereocenters. The molecule has 3 unspecified atom stereocenters. The molecule has 1 saturated carbocycles. The smallest absolute Gasteiger partial charge is 0.306 e. The highest BCUT2D eigenvalue weighted by Gasteiger charge is 2.62. The van der Waals surface area contributed by atoms with Gasteiger partial charge in [-0.25, -0.2) is 0 Å². The Balaban J connectivity index is 1.57. The molecule has 182 valence electrons. The standard InChI is InChI=1S/C29H24O7/c1-18(31)33-28-22(17-30)16-29(28,35-19(2)32)36-27-15-23(14-21-9-4-6-12-25(21)27)34-26-13-7-10-20-8-3-5-11-24(20)26/h3-15,17,22,28H,16H2,1-2H3. The second-order valence-electron chi connectivity index (χ2n) is 8.76. The molecule has 7 heteroatoms. The lowest BCUT2D eigenvalue weighted by Crippen LogP contribution is -2.66. The maximum Gasteiger partial charge on any atom is 0.306 e. The molecule has 0 saturated heterocycles. The topological polar surface area (TPSA) is 88.1 Å². The van der Waals surface area contributed by atoms with E-state index in [0.29, 0.717) is 23.5 Å². The van der Waals surface area contributed by atoms with E-state index in [2.05, 4.69) is 0 Å². The van der Waals surface area contributed by atoms with Crippen LogP contribution < -0.4 is 9.47 Å². The quantitative estimate of drug-likeness (QED) is 0.192. The largest absolute Gasteiger partial charge is 0.457 e. The Kier molecular flexibility index (Phi) is 6.06. The Morgan fingerprint density at radius 3 is 2.19 bits per heavy atom. The minimum atomic E-state index is -1.64. The summed E-state index contributed by atoms with van der Waals surface area (Å²) in [5.41, 5.74) is 0. The molecule has 4 aromatic carbocycles. The van der Waals surface area contributed by atoms with Crippen LogP contribution in [0.1, 0.15) is 20.3 Å². The van der Waals surface area contributed by atoms with Crippen molar-refractivity contribution < 1.29 is 33.3 Å². The molecule has 0 aliphatic heterocycles. The van der Waals surface area contributed by atoms with Gasteiger partial charge in [0.15, 0.2) is 6.10 Å². The van der Waals surface area contributed by atoms with Gasteiger partial charge in [0.25, 0.3) is 5.79 Å². The van der Waals surface area contributed by atoms with E-state index < -0.39 is 29.7 Å². The fraction of sp³-hybridized carbons (Fsp3) is 0.207. The first-order chi connectivity index (χ1) is 17.4. The number of carbonyl (C=O) groups is 3. The van der Waals surface area contributed by atoms with Gasteiger partial charge in [-0.1, -0.05) is 60.7 Å². The highest BCUT2D eigenvalue weighted by molar-refractivity contribution is 5.91. The summed E-state index contributed by atoms with van der Waals surface area (Å²) in [7, 11) is 0. The van der Waals surface area contributed by atoms with Gasteiger partial charge in [-0.15, -0.1) is 0 Å². The van der Waals surface area contributed by atoms with Crippen LogP contribution >= 0.6 is 0 Å². The summed E-state index contributed by atoms with van der Waals surface area (Å²) < 4.78 is 23.5. The van der Waals surface area contributed by atoms with Crippen LogP contribution in [0.25, 0.3) is 21.5 Å². The normalized spacial score (nSPS) is 20.8. The van der Waals surface area contributed by atoms with Crippen LogP contribution in [-0.4, -0.2) is 30.1 Å². The molecule has 5 rings (SSSR count). The highest BCUT2D eigenvalue weighted by Crippen LogP contribution is 2.46. The number of ether oxygens (including phenoxy) is 4. The number of fused-ring (bicyclic) bond motifs is 2. The van der Waals surface area contributed by atoms with Crippen molar-refractivity contribution in [1.82, 2.24) is 0 Å². The van der Waals surface area contributed by atoms with Gasteiger partial charge in [0.2, 0.25) is 0 Å². The molecule has 1 aliphatic carbocycles. The number of hydrogen-bond donors (Lipinski definition) is 0. The molecule has 7 nitrogen and oxygen atoms in total. The fourth-order valence-electron chi connectivity index (χ4n) is 4.65. The van der Waals surface area contributed by atoms with E-state index in [0.717, 1.165) is 21.5 Å². The molecule has 0 radical (unpaired) electrons. The van der Waals surface area contributed by atoms with Gasteiger partial charge in [-0.05, 0) is 22.9 Å². The van der Waals surface area contributed by atoms with E-state index >= 15 is 0 Å². The molecule has 36 heavy (non-hydrogen) atoms. The minimum absolute atomic E-state index is 0.0523. The predicted molar refractivity (Wildman–Crippen MR) is 133 cm³/mol. The maximum atomic E-state index is 12.0. The van der Waals surface area contributed by atoms with Gasteiger partial charge in [0.05, 0.1) is 5.92 Å². The van der Waals surface area contributed by atoms with Gasteiger partial charge in [-0.3, -0.25) is 9.59 Å². The first-order valence-electron chi connectivity index (χ1n) is 11.6. The SMILES string of the molecule is CC(=O)OC1C(C=O)CC1(OC(C)=O)Oc1cc(Oc2cccc3ccccc23)cc2ccccc12. The van der Waals surface area contributed by atoms with Crippen LogP contribution in [0.2, 0.25) is 0 Å². The number of hydrogen-bond acceptors (Lipinski definition) is 7. The van der Waals surface area contributed by atoms with Crippen molar-refractivity contribution in [3.63, 3.8) is 0 Å². The van der Waals surface area contributed by atoms with Crippen molar-refractivity contribution in [2.75, 3.05) is 0 Å². The summed E-state index contributed by atoms with van der Waals surface area (Å²) in [5.74, 6) is -1.97. The Bertz CT molecular complexity index is 1470. The molecule has 0 N–H and O–H groups in total. The summed E-state index contributed by atoms with van der Waals surface area (Å²) >= 11 is 0. The van der Waals surface area contributed by atoms with E-state index in [9.17, 15) is 14.4 Å². The van der Waals surface area contributed by atoms with Crippen LogP contribution in [0, 0.1) is 5.92 Å². The first kappa shape index (κ1) is 23.4. The third-order valence-corrected chi connectivity index (χ3v) is 6.18. The zero-order chi connectivity index (χ0) is 25.3. The lowest BCUT2D eigenvalue weighted by molar-refractivity contribution is -0.293. The predicted octanol–water partition coefficient (Wildman–Crippen LogP) is 5.57. The van der Waals surface area contributed by atoms with Gasteiger partial charge in [-0.2, -0.15) is 0 Å². The van der Waals surface area contributed by atoms with Crippen molar-refractivity contribution in [2.45, 2.75) is 32.2 Å². The van der Waals surface area contributed by atoms with Crippen LogP contribution in [0.3, 0.4) is 0 Å². The van der Waals surface area contributed by atoms with Crippen molar-refractivity contribution in [2.24, 2.45) is 5.92 Å². The molecular formula is C29H24O7. The monoisotopic (exact) mass is 484 g/mol. The summed E-state index contributed by atoms with van der Waals surface area (Å²) in [4.78, 5) is 35.3. The number of carbonyl (C=O) groups excluding carboxylic acids is 3. The van der Waals surface area contributed by atoms with Crippen molar-refractivity contribution in [3.05, 3.63) is 78.9 Å².